The molecule has 0 bridgehead atoms. The molecule has 1 aromatic carbocycles. The lowest BCUT2D eigenvalue weighted by Crippen LogP contribution is -2.45. The Kier molecular flexibility index (Phi) is 4.72. The molecule has 1 spiro atoms. The highest BCUT2D eigenvalue weighted by molar-refractivity contribution is 5.79. The molecule has 1 amide bonds. The Morgan fingerprint density at radius 2 is 2.13 bits per heavy atom. The van der Waals surface area contributed by atoms with Gasteiger partial charge in [0.25, 0.3) is 0 Å². The van der Waals surface area contributed by atoms with Gasteiger partial charge in [0.2, 0.25) is 5.91 Å². The molecule has 0 unspecified atom stereocenters. The summed E-state index contributed by atoms with van der Waals surface area (Å²) < 4.78 is 18.8. The van der Waals surface area contributed by atoms with Gasteiger partial charge < -0.3 is 9.64 Å². The first-order valence-corrected chi connectivity index (χ1v) is 8.64. The summed E-state index contributed by atoms with van der Waals surface area (Å²) >= 11 is 0. The Morgan fingerprint density at radius 1 is 1.39 bits per heavy atom. The van der Waals surface area contributed by atoms with Crippen LogP contribution in [0.5, 0.6) is 0 Å². The molecular formula is C19H26FNO2. The van der Waals surface area contributed by atoms with Gasteiger partial charge in [-0.3, -0.25) is 4.79 Å². The number of carbonyl (C=O) groups excluding carboxylic acids is 1. The maximum Gasteiger partial charge on any atom is 0.225 e. The first kappa shape index (κ1) is 16.4. The van der Waals surface area contributed by atoms with Crippen LogP contribution in [0.15, 0.2) is 24.3 Å². The molecule has 0 aliphatic carbocycles. The van der Waals surface area contributed by atoms with Crippen LogP contribution < -0.4 is 0 Å². The number of benzene rings is 1. The van der Waals surface area contributed by atoms with Gasteiger partial charge >= 0.3 is 0 Å². The predicted octanol–water partition coefficient (Wildman–Crippen LogP) is 3.42. The fourth-order valence-corrected chi connectivity index (χ4v) is 4.21. The number of halogens is 1. The smallest absolute Gasteiger partial charge is 0.225 e. The van der Waals surface area contributed by atoms with Gasteiger partial charge in [-0.2, -0.15) is 0 Å². The second-order valence-electron chi connectivity index (χ2n) is 7.17. The average molecular weight is 319 g/mol. The SMILES string of the molecule is C[C@H](Cc1cccc(F)c1)C(=O)N1CCC2(CCOCC2)[C@H]1C. The van der Waals surface area contributed by atoms with Crippen molar-refractivity contribution < 1.29 is 13.9 Å². The zero-order valence-electron chi connectivity index (χ0n) is 14.1. The van der Waals surface area contributed by atoms with E-state index < -0.39 is 0 Å². The number of amides is 1. The molecule has 2 aliphatic rings. The van der Waals surface area contributed by atoms with Crippen molar-refractivity contribution in [1.29, 1.82) is 0 Å². The number of rotatable bonds is 3. The number of likely N-dealkylation sites (tertiary alicyclic amines) is 1. The van der Waals surface area contributed by atoms with Crippen molar-refractivity contribution >= 4 is 5.91 Å². The molecule has 23 heavy (non-hydrogen) atoms. The molecule has 2 heterocycles. The van der Waals surface area contributed by atoms with Crippen LogP contribution in [0, 0.1) is 17.2 Å². The van der Waals surface area contributed by atoms with Crippen LogP contribution in [-0.4, -0.2) is 36.6 Å². The Balaban J connectivity index is 1.65. The number of hydrogen-bond acceptors (Lipinski definition) is 2. The minimum absolute atomic E-state index is 0.116. The number of hydrogen-bond donors (Lipinski definition) is 0. The Labute approximate surface area is 137 Å². The summed E-state index contributed by atoms with van der Waals surface area (Å²) in [6.45, 7) is 6.60. The second kappa shape index (κ2) is 6.60. The molecule has 2 fully saturated rings. The minimum Gasteiger partial charge on any atom is -0.381 e. The van der Waals surface area contributed by atoms with Gasteiger partial charge in [0.1, 0.15) is 5.82 Å². The summed E-state index contributed by atoms with van der Waals surface area (Å²) in [5, 5.41) is 0. The number of ether oxygens (including phenoxy) is 1. The van der Waals surface area contributed by atoms with Crippen LogP contribution in [0.25, 0.3) is 0 Å². The second-order valence-corrected chi connectivity index (χ2v) is 7.17. The summed E-state index contributed by atoms with van der Waals surface area (Å²) in [6.07, 6.45) is 3.78. The van der Waals surface area contributed by atoms with E-state index in [0.717, 1.165) is 44.6 Å². The van der Waals surface area contributed by atoms with E-state index in [1.807, 2.05) is 13.0 Å². The highest BCUT2D eigenvalue weighted by Gasteiger charge is 2.47. The molecule has 2 saturated heterocycles. The zero-order chi connectivity index (χ0) is 16.4. The normalized spacial score (nSPS) is 24.8. The van der Waals surface area contributed by atoms with Crippen molar-refractivity contribution in [2.24, 2.45) is 11.3 Å². The van der Waals surface area contributed by atoms with Crippen LogP contribution in [0.2, 0.25) is 0 Å². The van der Waals surface area contributed by atoms with E-state index in [2.05, 4.69) is 11.8 Å². The topological polar surface area (TPSA) is 29.5 Å². The highest BCUT2D eigenvalue weighted by Crippen LogP contribution is 2.45. The van der Waals surface area contributed by atoms with Crippen molar-refractivity contribution in [3.05, 3.63) is 35.6 Å². The summed E-state index contributed by atoms with van der Waals surface area (Å²) in [6, 6.07) is 6.83. The van der Waals surface area contributed by atoms with Gasteiger partial charge in [-0.05, 0) is 55.7 Å². The van der Waals surface area contributed by atoms with E-state index in [1.54, 1.807) is 6.07 Å². The molecular weight excluding hydrogens is 293 g/mol. The van der Waals surface area contributed by atoms with Crippen molar-refractivity contribution in [1.82, 2.24) is 4.90 Å². The molecule has 3 rings (SSSR count). The first-order valence-electron chi connectivity index (χ1n) is 8.64. The highest BCUT2D eigenvalue weighted by atomic mass is 19.1. The third-order valence-electron chi connectivity index (χ3n) is 5.83. The van der Waals surface area contributed by atoms with Crippen LogP contribution in [0.1, 0.15) is 38.7 Å². The molecule has 4 heteroatoms. The van der Waals surface area contributed by atoms with Gasteiger partial charge in [-0.1, -0.05) is 19.1 Å². The standard InChI is InChI=1S/C19H26FNO2/c1-14(12-16-4-3-5-17(20)13-16)18(22)21-9-6-19(15(21)2)7-10-23-11-8-19/h3-5,13-15H,6-12H2,1-2H3/t14-,15-/m1/s1. The molecule has 126 valence electrons. The Hall–Kier alpha value is -1.42. The molecule has 3 nitrogen and oxygen atoms in total. The summed E-state index contributed by atoms with van der Waals surface area (Å²) in [4.78, 5) is 14.9. The molecule has 0 saturated carbocycles. The summed E-state index contributed by atoms with van der Waals surface area (Å²) in [7, 11) is 0. The lowest BCUT2D eigenvalue weighted by Gasteiger charge is -2.39. The zero-order valence-corrected chi connectivity index (χ0v) is 14.1. The van der Waals surface area contributed by atoms with E-state index in [-0.39, 0.29) is 29.1 Å². The average Bonchev–Trinajstić information content (AvgIpc) is 2.84. The van der Waals surface area contributed by atoms with Gasteiger partial charge in [0, 0.05) is 31.7 Å². The first-order chi connectivity index (χ1) is 11.0. The Bertz CT molecular complexity index is 568. The molecule has 1 aromatic rings. The van der Waals surface area contributed by atoms with Gasteiger partial charge in [0.05, 0.1) is 0 Å². The van der Waals surface area contributed by atoms with Crippen LogP contribution >= 0.6 is 0 Å². The van der Waals surface area contributed by atoms with Gasteiger partial charge in [-0.15, -0.1) is 0 Å². The van der Waals surface area contributed by atoms with E-state index in [4.69, 9.17) is 4.74 Å². The maximum atomic E-state index is 13.3. The van der Waals surface area contributed by atoms with Crippen molar-refractivity contribution in [3.8, 4) is 0 Å². The summed E-state index contributed by atoms with van der Waals surface area (Å²) in [5.41, 5.74) is 1.13. The lowest BCUT2D eigenvalue weighted by molar-refractivity contribution is -0.137. The quantitative estimate of drug-likeness (QED) is 0.854. The van der Waals surface area contributed by atoms with E-state index in [0.29, 0.717) is 6.42 Å². The number of carbonyl (C=O) groups is 1. The molecule has 2 atom stereocenters. The Morgan fingerprint density at radius 3 is 2.83 bits per heavy atom. The van der Waals surface area contributed by atoms with Crippen LogP contribution in [0.4, 0.5) is 4.39 Å². The van der Waals surface area contributed by atoms with Crippen molar-refractivity contribution in [2.45, 2.75) is 45.6 Å². The van der Waals surface area contributed by atoms with E-state index in [9.17, 15) is 9.18 Å². The van der Waals surface area contributed by atoms with E-state index >= 15 is 0 Å². The molecule has 0 radical (unpaired) electrons. The predicted molar refractivity (Wildman–Crippen MR) is 87.5 cm³/mol. The fourth-order valence-electron chi connectivity index (χ4n) is 4.21. The summed E-state index contributed by atoms with van der Waals surface area (Å²) in [5.74, 6) is -0.155. The largest absolute Gasteiger partial charge is 0.381 e. The van der Waals surface area contributed by atoms with Gasteiger partial charge in [-0.25, -0.2) is 4.39 Å². The van der Waals surface area contributed by atoms with Crippen molar-refractivity contribution in [3.63, 3.8) is 0 Å². The minimum atomic E-state index is -0.238. The van der Waals surface area contributed by atoms with E-state index in [1.165, 1.54) is 12.1 Å². The third kappa shape index (κ3) is 3.27. The lowest BCUT2D eigenvalue weighted by atomic mass is 9.74. The monoisotopic (exact) mass is 319 g/mol. The molecule has 0 aromatic heterocycles. The van der Waals surface area contributed by atoms with Gasteiger partial charge in [0.15, 0.2) is 0 Å². The molecule has 2 aliphatic heterocycles. The maximum absolute atomic E-state index is 13.3. The molecule has 0 N–H and O–H groups in total. The van der Waals surface area contributed by atoms with Crippen LogP contribution in [-0.2, 0) is 16.0 Å². The van der Waals surface area contributed by atoms with Crippen molar-refractivity contribution in [2.75, 3.05) is 19.8 Å². The fraction of sp³-hybridized carbons (Fsp3) is 0.632. The number of nitrogens with zero attached hydrogens (tertiary/aromatic N) is 1. The van der Waals surface area contributed by atoms with Crippen LogP contribution in [0.3, 0.4) is 0 Å². The third-order valence-corrected chi connectivity index (χ3v) is 5.83.